The first-order chi connectivity index (χ1) is 12.1. The Bertz CT molecular complexity index is 501. The Morgan fingerprint density at radius 3 is 2.04 bits per heavy atom. The zero-order valence-corrected chi connectivity index (χ0v) is 17.7. The quantitative estimate of drug-likeness (QED) is 0.327. The van der Waals surface area contributed by atoms with E-state index in [0.717, 1.165) is 18.8 Å². The first-order valence-electron chi connectivity index (χ1n) is 10.5. The molecule has 1 aromatic heterocycles. The number of aromatic amines is 1. The number of nitrogens with one attached hydrogen (secondary N) is 1. The van der Waals surface area contributed by atoms with Crippen molar-refractivity contribution in [3.05, 3.63) is 28.2 Å². The SMILES string of the molecule is CCCCCCCCCCCC(C)CCCCc1c(O)cc[nH]c1=O.Cl. The van der Waals surface area contributed by atoms with Crippen LogP contribution in [0.2, 0.25) is 0 Å². The fourth-order valence-electron chi connectivity index (χ4n) is 3.48. The van der Waals surface area contributed by atoms with Crippen molar-refractivity contribution >= 4 is 12.4 Å². The molecule has 0 bridgehead atoms. The predicted molar refractivity (Wildman–Crippen MR) is 115 cm³/mol. The Labute approximate surface area is 166 Å². The second-order valence-electron chi connectivity index (χ2n) is 7.64. The molecule has 0 saturated heterocycles. The summed E-state index contributed by atoms with van der Waals surface area (Å²) in [7, 11) is 0. The van der Waals surface area contributed by atoms with Crippen LogP contribution in [0.5, 0.6) is 5.75 Å². The summed E-state index contributed by atoms with van der Waals surface area (Å²) in [5.74, 6) is 0.902. The number of hydrogen-bond donors (Lipinski definition) is 2. The first kappa shape index (κ1) is 25.0. The van der Waals surface area contributed by atoms with Crippen molar-refractivity contribution in [1.29, 1.82) is 0 Å². The fourth-order valence-corrected chi connectivity index (χ4v) is 3.48. The van der Waals surface area contributed by atoms with E-state index >= 15 is 0 Å². The monoisotopic (exact) mass is 385 g/mol. The number of pyridine rings is 1. The Hall–Kier alpha value is -0.960. The molecule has 0 saturated carbocycles. The predicted octanol–water partition coefficient (Wildman–Crippen LogP) is 6.77. The molecule has 3 nitrogen and oxygen atoms in total. The van der Waals surface area contributed by atoms with Crippen molar-refractivity contribution < 1.29 is 5.11 Å². The molecule has 1 rings (SSSR count). The summed E-state index contributed by atoms with van der Waals surface area (Å²) in [5.41, 5.74) is 0.386. The van der Waals surface area contributed by atoms with Crippen LogP contribution in [-0.2, 0) is 6.42 Å². The molecule has 0 aliphatic carbocycles. The molecule has 2 N–H and O–H groups in total. The van der Waals surface area contributed by atoms with Crippen LogP contribution in [0.25, 0.3) is 0 Å². The zero-order valence-electron chi connectivity index (χ0n) is 16.9. The highest BCUT2D eigenvalue weighted by Gasteiger charge is 2.07. The van der Waals surface area contributed by atoms with Crippen molar-refractivity contribution in [2.24, 2.45) is 5.92 Å². The van der Waals surface area contributed by atoms with Gasteiger partial charge in [-0.05, 0) is 24.8 Å². The van der Waals surface area contributed by atoms with Gasteiger partial charge in [-0.1, -0.05) is 90.9 Å². The maximum atomic E-state index is 11.7. The van der Waals surface area contributed by atoms with Gasteiger partial charge in [-0.3, -0.25) is 4.79 Å². The van der Waals surface area contributed by atoms with Gasteiger partial charge in [0.1, 0.15) is 5.75 Å². The van der Waals surface area contributed by atoms with Crippen LogP contribution in [0.3, 0.4) is 0 Å². The number of aromatic hydroxyl groups is 1. The van der Waals surface area contributed by atoms with Gasteiger partial charge in [0.05, 0.1) is 5.56 Å². The smallest absolute Gasteiger partial charge is 0.254 e. The lowest BCUT2D eigenvalue weighted by Gasteiger charge is -2.11. The van der Waals surface area contributed by atoms with Crippen LogP contribution in [0.1, 0.15) is 103 Å². The van der Waals surface area contributed by atoms with Crippen molar-refractivity contribution in [3.63, 3.8) is 0 Å². The molecule has 1 heterocycles. The van der Waals surface area contributed by atoms with Crippen LogP contribution in [-0.4, -0.2) is 10.1 Å². The van der Waals surface area contributed by atoms with Crippen LogP contribution >= 0.6 is 12.4 Å². The molecule has 0 aliphatic heterocycles. The lowest BCUT2D eigenvalue weighted by molar-refractivity contribution is 0.433. The number of halogens is 1. The second kappa shape index (κ2) is 16.2. The maximum absolute atomic E-state index is 11.7. The number of H-pyrrole nitrogens is 1. The van der Waals surface area contributed by atoms with Gasteiger partial charge >= 0.3 is 0 Å². The standard InChI is InChI=1S/C22H39NO2.ClH/c1-3-4-5-6-7-8-9-10-11-14-19(2)15-12-13-16-20-21(24)17-18-23-22(20)25;/h17-19H,3-16H2,1-2H3,(H2,23,24,25);1H. The molecule has 0 aromatic carbocycles. The van der Waals surface area contributed by atoms with Crippen molar-refractivity contribution in [3.8, 4) is 5.75 Å². The fraction of sp³-hybridized carbons (Fsp3) is 0.773. The molecule has 1 atom stereocenters. The van der Waals surface area contributed by atoms with E-state index in [1.165, 1.54) is 76.8 Å². The minimum absolute atomic E-state index is 0. The largest absolute Gasteiger partial charge is 0.507 e. The Kier molecular flexibility index (Phi) is 15.6. The molecule has 0 aliphatic rings. The lowest BCUT2D eigenvalue weighted by Crippen LogP contribution is -2.11. The highest BCUT2D eigenvalue weighted by Crippen LogP contribution is 2.19. The summed E-state index contributed by atoms with van der Waals surface area (Å²) in [4.78, 5) is 14.3. The van der Waals surface area contributed by atoms with Gasteiger partial charge in [0, 0.05) is 6.20 Å². The van der Waals surface area contributed by atoms with Crippen LogP contribution in [0.15, 0.2) is 17.1 Å². The van der Waals surface area contributed by atoms with E-state index in [9.17, 15) is 9.90 Å². The van der Waals surface area contributed by atoms with Crippen molar-refractivity contribution in [1.82, 2.24) is 4.98 Å². The van der Waals surface area contributed by atoms with Gasteiger partial charge in [-0.25, -0.2) is 0 Å². The molecule has 152 valence electrons. The summed E-state index contributed by atoms with van der Waals surface area (Å²) in [6.45, 7) is 4.62. The Morgan fingerprint density at radius 1 is 0.923 bits per heavy atom. The lowest BCUT2D eigenvalue weighted by atomic mass is 9.95. The number of unbranched alkanes of at least 4 members (excludes halogenated alkanes) is 9. The normalized spacial score (nSPS) is 11.9. The highest BCUT2D eigenvalue weighted by molar-refractivity contribution is 5.85. The molecular weight excluding hydrogens is 346 g/mol. The molecular formula is C22H40ClNO2. The number of hydrogen-bond acceptors (Lipinski definition) is 2. The minimum Gasteiger partial charge on any atom is -0.507 e. The van der Waals surface area contributed by atoms with E-state index in [4.69, 9.17) is 0 Å². The third-order valence-electron chi connectivity index (χ3n) is 5.21. The van der Waals surface area contributed by atoms with Crippen LogP contribution in [0.4, 0.5) is 0 Å². The summed E-state index contributed by atoms with van der Waals surface area (Å²) in [6.07, 6.45) is 19.4. The Balaban J connectivity index is 0.00000625. The first-order valence-corrected chi connectivity index (χ1v) is 10.5. The third-order valence-corrected chi connectivity index (χ3v) is 5.21. The molecule has 0 spiro atoms. The molecule has 0 radical (unpaired) electrons. The van der Waals surface area contributed by atoms with E-state index in [-0.39, 0.29) is 23.7 Å². The summed E-state index contributed by atoms with van der Waals surface area (Å²) in [6, 6.07) is 1.56. The topological polar surface area (TPSA) is 53.1 Å². The van der Waals surface area contributed by atoms with Gasteiger partial charge in [0.25, 0.3) is 5.56 Å². The number of aromatic nitrogens is 1. The third kappa shape index (κ3) is 11.6. The summed E-state index contributed by atoms with van der Waals surface area (Å²) in [5, 5.41) is 9.73. The van der Waals surface area contributed by atoms with Crippen LogP contribution in [0, 0.1) is 5.92 Å². The van der Waals surface area contributed by atoms with Crippen molar-refractivity contribution in [2.75, 3.05) is 0 Å². The van der Waals surface area contributed by atoms with Gasteiger partial charge in [-0.15, -0.1) is 12.4 Å². The van der Waals surface area contributed by atoms with Gasteiger partial charge in [-0.2, -0.15) is 0 Å². The average molecular weight is 386 g/mol. The van der Waals surface area contributed by atoms with Gasteiger partial charge < -0.3 is 10.1 Å². The van der Waals surface area contributed by atoms with Gasteiger partial charge in [0.15, 0.2) is 0 Å². The molecule has 1 unspecified atom stereocenters. The van der Waals surface area contributed by atoms with E-state index in [1.54, 1.807) is 6.07 Å². The van der Waals surface area contributed by atoms with Gasteiger partial charge in [0.2, 0.25) is 0 Å². The minimum atomic E-state index is -0.150. The Morgan fingerprint density at radius 2 is 1.46 bits per heavy atom. The molecule has 0 amide bonds. The maximum Gasteiger partial charge on any atom is 0.254 e. The van der Waals surface area contributed by atoms with E-state index in [0.29, 0.717) is 12.0 Å². The van der Waals surface area contributed by atoms with E-state index in [2.05, 4.69) is 18.8 Å². The molecule has 1 aromatic rings. The van der Waals surface area contributed by atoms with E-state index < -0.39 is 0 Å². The zero-order chi connectivity index (χ0) is 18.3. The van der Waals surface area contributed by atoms with Crippen molar-refractivity contribution in [2.45, 2.75) is 104 Å². The molecule has 0 fully saturated rings. The molecule has 4 heteroatoms. The van der Waals surface area contributed by atoms with E-state index in [1.807, 2.05) is 0 Å². The highest BCUT2D eigenvalue weighted by atomic mass is 35.5. The molecule has 26 heavy (non-hydrogen) atoms. The summed E-state index contributed by atoms with van der Waals surface area (Å²) >= 11 is 0. The van der Waals surface area contributed by atoms with Crippen LogP contribution < -0.4 is 5.56 Å². The second-order valence-corrected chi connectivity index (χ2v) is 7.64. The number of rotatable bonds is 15. The summed E-state index contributed by atoms with van der Waals surface area (Å²) < 4.78 is 0. The average Bonchev–Trinajstić information content (AvgIpc) is 2.59.